The average molecular weight is 482 g/mol. The molecule has 0 saturated heterocycles. The predicted octanol–water partition coefficient (Wildman–Crippen LogP) is 2.72. The predicted molar refractivity (Wildman–Crippen MR) is 120 cm³/mol. The molecule has 6 nitrogen and oxygen atoms in total. The second kappa shape index (κ2) is 12.2. The van der Waals surface area contributed by atoms with E-state index < -0.39 is 0 Å². The number of aliphatic imine (C=N–C) groups is 1. The zero-order valence-corrected chi connectivity index (χ0v) is 18.2. The summed E-state index contributed by atoms with van der Waals surface area (Å²) in [6.45, 7) is 3.82. The highest BCUT2D eigenvalue weighted by atomic mass is 127. The fourth-order valence-electron chi connectivity index (χ4n) is 2.45. The Labute approximate surface area is 177 Å². The molecule has 0 aliphatic rings. The van der Waals surface area contributed by atoms with E-state index in [1.54, 1.807) is 32.4 Å². The molecule has 0 atom stereocenters. The van der Waals surface area contributed by atoms with Gasteiger partial charge in [0.15, 0.2) is 5.96 Å². The van der Waals surface area contributed by atoms with Gasteiger partial charge in [-0.15, -0.1) is 24.0 Å². The molecule has 2 rings (SSSR count). The second-order valence-corrected chi connectivity index (χ2v) is 5.83. The summed E-state index contributed by atoms with van der Waals surface area (Å²) in [6.07, 6.45) is 0. The lowest BCUT2D eigenvalue weighted by Gasteiger charge is -2.13. The Morgan fingerprint density at radius 1 is 1.04 bits per heavy atom. The fourth-order valence-corrected chi connectivity index (χ4v) is 2.45. The highest BCUT2D eigenvalue weighted by molar-refractivity contribution is 14.0. The number of nitrogens with zero attached hydrogens (tertiary/aromatic N) is 1. The van der Waals surface area contributed by atoms with Crippen LogP contribution in [-0.2, 0) is 6.54 Å². The van der Waals surface area contributed by atoms with E-state index in [4.69, 9.17) is 4.74 Å². The largest absolute Gasteiger partial charge is 0.497 e. The van der Waals surface area contributed by atoms with E-state index in [0.29, 0.717) is 36.9 Å². The maximum atomic E-state index is 12.1. The van der Waals surface area contributed by atoms with Crippen molar-refractivity contribution in [2.45, 2.75) is 13.5 Å². The van der Waals surface area contributed by atoms with Crippen molar-refractivity contribution >= 4 is 35.8 Å². The van der Waals surface area contributed by atoms with Crippen molar-refractivity contribution in [3.8, 4) is 5.75 Å². The van der Waals surface area contributed by atoms with Gasteiger partial charge in [-0.3, -0.25) is 9.79 Å². The first-order chi connectivity index (χ1) is 12.6. The fraction of sp³-hybridized carbons (Fsp3) is 0.300. The van der Waals surface area contributed by atoms with Crippen LogP contribution in [0.4, 0.5) is 0 Å². The number of rotatable bonds is 7. The first-order valence-corrected chi connectivity index (χ1v) is 8.54. The summed E-state index contributed by atoms with van der Waals surface area (Å²) < 4.78 is 5.13. The van der Waals surface area contributed by atoms with E-state index in [0.717, 1.165) is 0 Å². The minimum atomic E-state index is -0.131. The van der Waals surface area contributed by atoms with Crippen LogP contribution in [0.2, 0.25) is 0 Å². The first-order valence-electron chi connectivity index (χ1n) is 8.54. The molecule has 0 aliphatic carbocycles. The summed E-state index contributed by atoms with van der Waals surface area (Å²) in [4.78, 5) is 16.3. The monoisotopic (exact) mass is 482 g/mol. The van der Waals surface area contributed by atoms with Crippen molar-refractivity contribution < 1.29 is 9.53 Å². The quantitative estimate of drug-likeness (QED) is 0.246. The number of benzene rings is 2. The van der Waals surface area contributed by atoms with E-state index in [-0.39, 0.29) is 29.9 Å². The van der Waals surface area contributed by atoms with Crippen molar-refractivity contribution in [1.29, 1.82) is 0 Å². The first kappa shape index (κ1) is 22.8. The second-order valence-electron chi connectivity index (χ2n) is 5.83. The van der Waals surface area contributed by atoms with Gasteiger partial charge in [-0.25, -0.2) is 0 Å². The van der Waals surface area contributed by atoms with E-state index in [9.17, 15) is 4.79 Å². The molecule has 3 N–H and O–H groups in total. The molecular formula is C20H27IN4O2. The Kier molecular flexibility index (Phi) is 10.2. The highest BCUT2D eigenvalue weighted by Gasteiger charge is 2.06. The number of ether oxygens (including phenoxy) is 1. The molecule has 2 aromatic carbocycles. The number of nitrogens with one attached hydrogen (secondary N) is 3. The molecule has 0 saturated carbocycles. The van der Waals surface area contributed by atoms with Crippen LogP contribution in [-0.4, -0.2) is 39.1 Å². The molecular weight excluding hydrogens is 455 g/mol. The van der Waals surface area contributed by atoms with Gasteiger partial charge >= 0.3 is 0 Å². The minimum absolute atomic E-state index is 0. The maximum Gasteiger partial charge on any atom is 0.251 e. The molecule has 7 heteroatoms. The normalized spacial score (nSPS) is 10.6. The molecule has 27 heavy (non-hydrogen) atoms. The van der Waals surface area contributed by atoms with E-state index >= 15 is 0 Å². The third-order valence-corrected chi connectivity index (χ3v) is 3.80. The number of aryl methyl sites for hydroxylation is 1. The van der Waals surface area contributed by atoms with Crippen LogP contribution >= 0.6 is 24.0 Å². The molecule has 146 valence electrons. The van der Waals surface area contributed by atoms with E-state index in [2.05, 4.69) is 46.1 Å². The number of halogens is 1. The third kappa shape index (κ3) is 7.86. The Balaban J connectivity index is 0.00000364. The molecule has 0 heterocycles. The summed E-state index contributed by atoms with van der Waals surface area (Å²) in [5.74, 6) is 1.23. The number of guanidine groups is 1. The zero-order chi connectivity index (χ0) is 18.8. The van der Waals surface area contributed by atoms with Crippen LogP contribution in [0, 0.1) is 6.92 Å². The average Bonchev–Trinajstić information content (AvgIpc) is 2.67. The zero-order valence-electron chi connectivity index (χ0n) is 15.9. The summed E-state index contributed by atoms with van der Waals surface area (Å²) in [5.41, 5.74) is 3.00. The van der Waals surface area contributed by atoms with Gasteiger partial charge in [-0.05, 0) is 30.7 Å². The molecule has 0 radical (unpaired) electrons. The number of carbonyl (C=O) groups is 1. The van der Waals surface area contributed by atoms with Crippen LogP contribution < -0.4 is 20.7 Å². The summed E-state index contributed by atoms with van der Waals surface area (Å²) in [7, 11) is 3.30. The summed E-state index contributed by atoms with van der Waals surface area (Å²) >= 11 is 0. The van der Waals surface area contributed by atoms with Crippen molar-refractivity contribution in [2.24, 2.45) is 4.99 Å². The number of hydrogen-bond acceptors (Lipinski definition) is 3. The Morgan fingerprint density at radius 2 is 1.78 bits per heavy atom. The summed E-state index contributed by atoms with van der Waals surface area (Å²) in [6, 6.07) is 15.4. The molecule has 0 unspecified atom stereocenters. The van der Waals surface area contributed by atoms with Crippen molar-refractivity contribution in [3.05, 3.63) is 65.2 Å². The smallest absolute Gasteiger partial charge is 0.251 e. The number of methoxy groups -OCH3 is 1. The molecule has 0 aliphatic heterocycles. The van der Waals surface area contributed by atoms with Gasteiger partial charge in [-0.2, -0.15) is 0 Å². The molecule has 2 aromatic rings. The summed E-state index contributed by atoms with van der Waals surface area (Å²) in [5, 5.41) is 9.31. The maximum absolute atomic E-state index is 12.1. The highest BCUT2D eigenvalue weighted by Crippen LogP contribution is 2.12. The molecule has 0 aromatic heterocycles. The van der Waals surface area contributed by atoms with Crippen molar-refractivity contribution in [2.75, 3.05) is 27.2 Å². The lowest BCUT2D eigenvalue weighted by molar-refractivity contribution is 0.0954. The van der Waals surface area contributed by atoms with Crippen LogP contribution in [0.25, 0.3) is 0 Å². The standard InChI is InChI=1S/C20H26N4O2.HI/c1-15-6-4-7-16(12-15)14-24-20(21-2)23-11-10-22-19(25)17-8-5-9-18(13-17)26-3;/h4-9,12-13H,10-11,14H2,1-3H3,(H,22,25)(H2,21,23,24);1H. The van der Waals surface area contributed by atoms with Gasteiger partial charge in [0.25, 0.3) is 5.91 Å². The third-order valence-electron chi connectivity index (χ3n) is 3.80. The molecule has 0 spiro atoms. The molecule has 0 bridgehead atoms. The molecule has 1 amide bonds. The van der Waals surface area contributed by atoms with E-state index in [1.165, 1.54) is 11.1 Å². The Hall–Kier alpha value is -2.29. The minimum Gasteiger partial charge on any atom is -0.497 e. The lowest BCUT2D eigenvalue weighted by Crippen LogP contribution is -2.41. The van der Waals surface area contributed by atoms with Crippen LogP contribution in [0.15, 0.2) is 53.5 Å². The van der Waals surface area contributed by atoms with Gasteiger partial charge in [0.05, 0.1) is 7.11 Å². The Morgan fingerprint density at radius 3 is 2.48 bits per heavy atom. The van der Waals surface area contributed by atoms with Gasteiger partial charge in [0.1, 0.15) is 5.75 Å². The lowest BCUT2D eigenvalue weighted by atomic mass is 10.1. The van der Waals surface area contributed by atoms with Crippen LogP contribution in [0.5, 0.6) is 5.75 Å². The molecule has 0 fully saturated rings. The number of hydrogen-bond donors (Lipinski definition) is 3. The number of amides is 1. The topological polar surface area (TPSA) is 74.8 Å². The van der Waals surface area contributed by atoms with Crippen LogP contribution in [0.1, 0.15) is 21.5 Å². The van der Waals surface area contributed by atoms with Gasteiger partial charge < -0.3 is 20.7 Å². The van der Waals surface area contributed by atoms with Crippen LogP contribution in [0.3, 0.4) is 0 Å². The number of carbonyl (C=O) groups excluding carboxylic acids is 1. The van der Waals surface area contributed by atoms with Crippen molar-refractivity contribution in [3.63, 3.8) is 0 Å². The van der Waals surface area contributed by atoms with Gasteiger partial charge in [0.2, 0.25) is 0 Å². The van der Waals surface area contributed by atoms with Gasteiger partial charge in [-0.1, -0.05) is 35.9 Å². The van der Waals surface area contributed by atoms with Crippen molar-refractivity contribution in [1.82, 2.24) is 16.0 Å². The SMILES string of the molecule is CN=C(NCCNC(=O)c1cccc(OC)c1)NCc1cccc(C)c1.I. The Bertz CT molecular complexity index is 765. The van der Waals surface area contributed by atoms with E-state index in [1.807, 2.05) is 12.1 Å². The van der Waals surface area contributed by atoms with Gasteiger partial charge in [0, 0.05) is 32.2 Å².